The first-order chi connectivity index (χ1) is 9.65. The van der Waals surface area contributed by atoms with Crippen LogP contribution >= 0.6 is 0 Å². The van der Waals surface area contributed by atoms with Crippen molar-refractivity contribution in [2.75, 3.05) is 0 Å². The van der Waals surface area contributed by atoms with E-state index in [0.29, 0.717) is 0 Å². The van der Waals surface area contributed by atoms with Crippen LogP contribution in [0.1, 0.15) is 112 Å². The maximum atomic E-state index is 2.43. The second-order valence-corrected chi connectivity index (χ2v) is 6.73. The molecule has 0 saturated heterocycles. The molecule has 0 rings (SSSR count). The van der Waals surface area contributed by atoms with Crippen molar-refractivity contribution in [3.63, 3.8) is 0 Å². The smallest absolute Gasteiger partial charge is 0.0318 e. The first-order valence-corrected chi connectivity index (χ1v) is 9.33. The summed E-state index contributed by atoms with van der Waals surface area (Å²) in [5, 5.41) is 0. The Morgan fingerprint density at radius 3 is 1.95 bits per heavy atom. The minimum absolute atomic E-state index is 0.939. The van der Waals surface area contributed by atoms with E-state index in [4.69, 9.17) is 0 Å². The summed E-state index contributed by atoms with van der Waals surface area (Å²) in [5.41, 5.74) is 3.48. The van der Waals surface area contributed by atoms with E-state index in [2.05, 4.69) is 34.6 Å². The molecule has 0 aliphatic rings. The van der Waals surface area contributed by atoms with Gasteiger partial charge in [0, 0.05) is 0 Å². The van der Waals surface area contributed by atoms with E-state index >= 15 is 0 Å². The van der Waals surface area contributed by atoms with Crippen LogP contribution < -0.4 is 0 Å². The summed E-state index contributed by atoms with van der Waals surface area (Å²) in [6, 6.07) is 0. The first-order valence-electron chi connectivity index (χ1n) is 9.33. The average molecular weight is 281 g/mol. The lowest BCUT2D eigenvalue weighted by Gasteiger charge is -2.13. The predicted molar refractivity (Wildman–Crippen MR) is 94.3 cm³/mol. The Kier molecular flexibility index (Phi) is 13.5. The first kappa shape index (κ1) is 19.7. The Hall–Kier alpha value is -0.260. The van der Waals surface area contributed by atoms with Gasteiger partial charge in [0.2, 0.25) is 0 Å². The Morgan fingerprint density at radius 1 is 0.700 bits per heavy atom. The molecule has 0 aromatic heterocycles. The standard InChI is InChI=1S/C20H40/c1-6-9-14-18(4)15-11-12-16-19(5)20(13-8-3)17-10-7-2/h18H,6-17H2,1-5H3. The molecule has 0 fully saturated rings. The van der Waals surface area contributed by atoms with E-state index in [1.165, 1.54) is 77.0 Å². The average Bonchev–Trinajstić information content (AvgIpc) is 2.45. The van der Waals surface area contributed by atoms with Crippen molar-refractivity contribution in [2.45, 2.75) is 112 Å². The quantitative estimate of drug-likeness (QED) is 0.240. The molecule has 0 aromatic carbocycles. The van der Waals surface area contributed by atoms with Crippen molar-refractivity contribution < 1.29 is 0 Å². The molecule has 20 heavy (non-hydrogen) atoms. The van der Waals surface area contributed by atoms with Gasteiger partial charge in [-0.1, -0.05) is 83.8 Å². The van der Waals surface area contributed by atoms with Gasteiger partial charge in [-0.3, -0.25) is 0 Å². The summed E-state index contributed by atoms with van der Waals surface area (Å²) in [4.78, 5) is 0. The largest absolute Gasteiger partial charge is 0.0741 e. The molecular formula is C20H40. The molecule has 0 radical (unpaired) electrons. The van der Waals surface area contributed by atoms with Crippen LogP contribution in [-0.4, -0.2) is 0 Å². The molecule has 1 atom stereocenters. The maximum absolute atomic E-state index is 2.43. The Labute approximate surface area is 129 Å². The van der Waals surface area contributed by atoms with Gasteiger partial charge >= 0.3 is 0 Å². The zero-order valence-corrected chi connectivity index (χ0v) is 15.1. The highest BCUT2D eigenvalue weighted by Crippen LogP contribution is 2.23. The second kappa shape index (κ2) is 13.7. The van der Waals surface area contributed by atoms with Crippen LogP contribution in [0.5, 0.6) is 0 Å². The summed E-state index contributed by atoms with van der Waals surface area (Å²) in [5.74, 6) is 0.939. The molecule has 0 amide bonds. The molecular weight excluding hydrogens is 240 g/mol. The fourth-order valence-electron chi connectivity index (χ4n) is 3.00. The SMILES string of the molecule is CCCCC(CCC)=C(C)CCCCC(C)CCCC. The monoisotopic (exact) mass is 280 g/mol. The highest BCUT2D eigenvalue weighted by molar-refractivity contribution is 5.12. The summed E-state index contributed by atoms with van der Waals surface area (Å²) < 4.78 is 0. The lowest BCUT2D eigenvalue weighted by Crippen LogP contribution is -1.95. The Balaban J connectivity index is 3.93. The number of rotatable bonds is 13. The number of unbranched alkanes of at least 4 members (excludes halogenated alkanes) is 3. The summed E-state index contributed by atoms with van der Waals surface area (Å²) in [6.07, 6.45) is 16.5. The molecule has 120 valence electrons. The van der Waals surface area contributed by atoms with Gasteiger partial charge in [0.05, 0.1) is 0 Å². The Bertz CT molecular complexity index is 236. The molecule has 0 aliphatic carbocycles. The molecule has 0 bridgehead atoms. The zero-order valence-electron chi connectivity index (χ0n) is 15.1. The van der Waals surface area contributed by atoms with Crippen LogP contribution in [0.25, 0.3) is 0 Å². The third-order valence-corrected chi connectivity index (χ3v) is 4.54. The van der Waals surface area contributed by atoms with Crippen LogP contribution in [0, 0.1) is 5.92 Å². The van der Waals surface area contributed by atoms with Gasteiger partial charge in [-0.15, -0.1) is 0 Å². The van der Waals surface area contributed by atoms with E-state index in [1.54, 1.807) is 11.1 Å². The van der Waals surface area contributed by atoms with Crippen molar-refractivity contribution >= 4 is 0 Å². The third-order valence-electron chi connectivity index (χ3n) is 4.54. The molecule has 0 heterocycles. The fourth-order valence-corrected chi connectivity index (χ4v) is 3.00. The van der Waals surface area contributed by atoms with Crippen LogP contribution in [0.4, 0.5) is 0 Å². The highest BCUT2D eigenvalue weighted by atomic mass is 14.1. The number of hydrogen-bond acceptors (Lipinski definition) is 0. The normalized spacial score (nSPS) is 14.2. The second-order valence-electron chi connectivity index (χ2n) is 6.73. The molecule has 1 unspecified atom stereocenters. The van der Waals surface area contributed by atoms with Crippen molar-refractivity contribution in [1.29, 1.82) is 0 Å². The summed E-state index contributed by atoms with van der Waals surface area (Å²) in [6.45, 7) is 11.7. The van der Waals surface area contributed by atoms with E-state index in [-0.39, 0.29) is 0 Å². The molecule has 0 aromatic rings. The third kappa shape index (κ3) is 10.5. The van der Waals surface area contributed by atoms with Gasteiger partial charge in [0.25, 0.3) is 0 Å². The number of hydrogen-bond donors (Lipinski definition) is 0. The minimum atomic E-state index is 0.939. The van der Waals surface area contributed by atoms with Crippen molar-refractivity contribution in [2.24, 2.45) is 5.92 Å². The van der Waals surface area contributed by atoms with Gasteiger partial charge in [-0.2, -0.15) is 0 Å². The molecule has 0 N–H and O–H groups in total. The van der Waals surface area contributed by atoms with Crippen LogP contribution in [0.2, 0.25) is 0 Å². The zero-order chi connectivity index (χ0) is 15.2. The van der Waals surface area contributed by atoms with Crippen LogP contribution in [0.15, 0.2) is 11.1 Å². The molecule has 0 saturated carbocycles. The molecule has 0 heteroatoms. The lowest BCUT2D eigenvalue weighted by atomic mass is 9.93. The summed E-state index contributed by atoms with van der Waals surface area (Å²) >= 11 is 0. The van der Waals surface area contributed by atoms with Crippen LogP contribution in [0.3, 0.4) is 0 Å². The van der Waals surface area contributed by atoms with Crippen LogP contribution in [-0.2, 0) is 0 Å². The highest BCUT2D eigenvalue weighted by Gasteiger charge is 2.04. The van der Waals surface area contributed by atoms with Gasteiger partial charge in [-0.25, -0.2) is 0 Å². The number of allylic oxidation sites excluding steroid dienone is 2. The van der Waals surface area contributed by atoms with E-state index in [9.17, 15) is 0 Å². The van der Waals surface area contributed by atoms with Gasteiger partial charge in [0.1, 0.15) is 0 Å². The molecule has 0 aliphatic heterocycles. The Morgan fingerprint density at radius 2 is 1.35 bits per heavy atom. The fraction of sp³-hybridized carbons (Fsp3) is 0.900. The van der Waals surface area contributed by atoms with Gasteiger partial charge in [0.15, 0.2) is 0 Å². The van der Waals surface area contributed by atoms with Crippen molar-refractivity contribution in [3.05, 3.63) is 11.1 Å². The van der Waals surface area contributed by atoms with Gasteiger partial charge < -0.3 is 0 Å². The molecule has 0 nitrogen and oxygen atoms in total. The van der Waals surface area contributed by atoms with Crippen molar-refractivity contribution in [1.82, 2.24) is 0 Å². The minimum Gasteiger partial charge on any atom is -0.0741 e. The topological polar surface area (TPSA) is 0 Å². The predicted octanol–water partition coefficient (Wildman–Crippen LogP) is 7.68. The molecule has 0 spiro atoms. The maximum Gasteiger partial charge on any atom is -0.0318 e. The lowest BCUT2D eigenvalue weighted by molar-refractivity contribution is 0.449. The van der Waals surface area contributed by atoms with Gasteiger partial charge in [-0.05, 0) is 44.9 Å². The van der Waals surface area contributed by atoms with Crippen molar-refractivity contribution in [3.8, 4) is 0 Å². The van der Waals surface area contributed by atoms with E-state index in [0.717, 1.165) is 5.92 Å². The van der Waals surface area contributed by atoms with E-state index in [1.807, 2.05) is 0 Å². The summed E-state index contributed by atoms with van der Waals surface area (Å²) in [7, 11) is 0. The van der Waals surface area contributed by atoms with E-state index < -0.39 is 0 Å².